The Kier molecular flexibility index (Phi) is 54.4. The molecule has 2 atom stereocenters. The summed E-state index contributed by atoms with van der Waals surface area (Å²) in [6.07, 6.45) is 77.7. The maximum absolute atomic E-state index is 12.8. The number of allylic oxidation sites excluding steroid dienone is 16. The number of phosphoric ester groups is 1. The molecule has 0 aliphatic carbocycles. The van der Waals surface area contributed by atoms with E-state index >= 15 is 0 Å². The van der Waals surface area contributed by atoms with Crippen LogP contribution in [0, 0.1) is 0 Å². The average molecular weight is 1080 g/mol. The molecule has 0 spiro atoms. The summed E-state index contributed by atoms with van der Waals surface area (Å²) in [5.41, 5.74) is 0. The fourth-order valence-electron chi connectivity index (χ4n) is 8.34. The van der Waals surface area contributed by atoms with E-state index in [1.807, 2.05) is 21.1 Å². The van der Waals surface area contributed by atoms with Gasteiger partial charge in [-0.05, 0) is 96.3 Å². The summed E-state index contributed by atoms with van der Waals surface area (Å²) >= 11 is 0. The van der Waals surface area contributed by atoms with Gasteiger partial charge in [0.05, 0.1) is 27.7 Å². The van der Waals surface area contributed by atoms with Crippen LogP contribution in [0.1, 0.15) is 258 Å². The fourth-order valence-corrected chi connectivity index (χ4v) is 9.09. The van der Waals surface area contributed by atoms with Gasteiger partial charge in [0.15, 0.2) is 6.10 Å². The highest BCUT2D eigenvalue weighted by atomic mass is 31.2. The monoisotopic (exact) mass is 1080 g/mol. The van der Waals surface area contributed by atoms with Crippen molar-refractivity contribution < 1.29 is 42.1 Å². The van der Waals surface area contributed by atoms with Crippen LogP contribution in [0.5, 0.6) is 0 Å². The number of ether oxygens (including phenoxy) is 2. The van der Waals surface area contributed by atoms with E-state index in [9.17, 15) is 19.0 Å². The molecule has 0 amide bonds. The number of nitrogens with zero attached hydrogens (tertiary/aromatic N) is 1. The van der Waals surface area contributed by atoms with Crippen molar-refractivity contribution in [1.82, 2.24) is 0 Å². The van der Waals surface area contributed by atoms with Gasteiger partial charge in [0.1, 0.15) is 19.8 Å². The van der Waals surface area contributed by atoms with Crippen molar-refractivity contribution in [3.63, 3.8) is 0 Å². The lowest BCUT2D eigenvalue weighted by Crippen LogP contribution is -2.37. The Morgan fingerprint density at radius 3 is 1.12 bits per heavy atom. The second-order valence-corrected chi connectivity index (χ2v) is 23.2. The van der Waals surface area contributed by atoms with Crippen LogP contribution in [0.15, 0.2) is 97.2 Å². The van der Waals surface area contributed by atoms with Gasteiger partial charge in [-0.1, -0.05) is 246 Å². The minimum atomic E-state index is -4.40. The zero-order valence-corrected chi connectivity index (χ0v) is 50.6. The number of carbonyl (C=O) groups excluding carboxylic acids is 2. The minimum Gasteiger partial charge on any atom is -0.462 e. The van der Waals surface area contributed by atoms with E-state index in [4.69, 9.17) is 18.5 Å². The summed E-state index contributed by atoms with van der Waals surface area (Å²) in [4.78, 5) is 35.7. The van der Waals surface area contributed by atoms with E-state index in [2.05, 4.69) is 111 Å². The third-order valence-corrected chi connectivity index (χ3v) is 14.1. The van der Waals surface area contributed by atoms with Crippen molar-refractivity contribution in [3.8, 4) is 0 Å². The van der Waals surface area contributed by atoms with Crippen LogP contribution in [0.25, 0.3) is 0 Å². The van der Waals surface area contributed by atoms with Gasteiger partial charge in [-0.3, -0.25) is 18.6 Å². The molecule has 0 bridgehead atoms. The van der Waals surface area contributed by atoms with Gasteiger partial charge in [-0.15, -0.1) is 0 Å². The highest BCUT2D eigenvalue weighted by Gasteiger charge is 2.27. The number of likely N-dealkylation sites (N-methyl/N-ethyl adjacent to an activating group) is 1. The SMILES string of the molecule is CC/C=C\C/C=C\C/C=C\C/C=C\C/C=C\C/C=C\CCCCCCC(=O)OC(COC(=O)CCCCCCCCCCCCCCCCCCC/C=C\C/C=C\CCCCCCC)COP(=O)(O)OCC[N+](C)(C)C. The van der Waals surface area contributed by atoms with Gasteiger partial charge >= 0.3 is 19.8 Å². The number of phosphoric acid groups is 1. The molecule has 0 aliphatic rings. The molecular weight excluding hydrogens is 966 g/mol. The summed E-state index contributed by atoms with van der Waals surface area (Å²) in [6.45, 7) is 4.29. The predicted molar refractivity (Wildman–Crippen MR) is 325 cm³/mol. The maximum Gasteiger partial charge on any atom is 0.472 e. The largest absolute Gasteiger partial charge is 0.472 e. The quantitative estimate of drug-likeness (QED) is 0.0211. The summed E-state index contributed by atoms with van der Waals surface area (Å²) in [5, 5.41) is 0. The Hall–Kier alpha value is -3.07. The molecule has 0 saturated carbocycles. The van der Waals surface area contributed by atoms with E-state index in [-0.39, 0.29) is 32.0 Å². The van der Waals surface area contributed by atoms with Crippen molar-refractivity contribution >= 4 is 19.8 Å². The Morgan fingerprint density at radius 1 is 0.421 bits per heavy atom. The summed E-state index contributed by atoms with van der Waals surface area (Å²) in [6, 6.07) is 0. The van der Waals surface area contributed by atoms with E-state index in [1.54, 1.807) is 0 Å². The topological polar surface area (TPSA) is 108 Å². The second-order valence-electron chi connectivity index (χ2n) is 21.7. The summed E-state index contributed by atoms with van der Waals surface area (Å²) in [7, 11) is 1.45. The van der Waals surface area contributed by atoms with Crippen molar-refractivity contribution in [2.45, 2.75) is 264 Å². The molecule has 0 aromatic rings. The lowest BCUT2D eigenvalue weighted by atomic mass is 10.0. The molecule has 0 aromatic carbocycles. The lowest BCUT2D eigenvalue weighted by molar-refractivity contribution is -0.870. The van der Waals surface area contributed by atoms with Crippen LogP contribution >= 0.6 is 7.82 Å². The van der Waals surface area contributed by atoms with E-state index in [0.717, 1.165) is 89.9 Å². The van der Waals surface area contributed by atoms with Gasteiger partial charge in [-0.25, -0.2) is 4.57 Å². The smallest absolute Gasteiger partial charge is 0.462 e. The molecular formula is C66H117NO8P+. The van der Waals surface area contributed by atoms with Gasteiger partial charge in [0.2, 0.25) is 0 Å². The van der Waals surface area contributed by atoms with Crippen LogP contribution in [-0.4, -0.2) is 74.9 Å². The zero-order valence-electron chi connectivity index (χ0n) is 49.7. The van der Waals surface area contributed by atoms with Crippen molar-refractivity contribution in [3.05, 3.63) is 97.2 Å². The highest BCUT2D eigenvalue weighted by Crippen LogP contribution is 2.43. The van der Waals surface area contributed by atoms with Gasteiger partial charge in [-0.2, -0.15) is 0 Å². The number of carbonyl (C=O) groups is 2. The number of unbranched alkanes of at least 4 members (excludes halogenated alkanes) is 26. The molecule has 10 heteroatoms. The van der Waals surface area contributed by atoms with Crippen LogP contribution in [0.3, 0.4) is 0 Å². The van der Waals surface area contributed by atoms with Crippen LogP contribution in [-0.2, 0) is 32.7 Å². The van der Waals surface area contributed by atoms with Crippen LogP contribution in [0.2, 0.25) is 0 Å². The number of hydrogen-bond donors (Lipinski definition) is 1. The molecule has 0 radical (unpaired) electrons. The van der Waals surface area contributed by atoms with Crippen molar-refractivity contribution in [1.29, 1.82) is 0 Å². The molecule has 76 heavy (non-hydrogen) atoms. The normalized spacial score (nSPS) is 13.9. The first-order valence-electron chi connectivity index (χ1n) is 31.0. The first-order chi connectivity index (χ1) is 37.0. The second kappa shape index (κ2) is 56.6. The Bertz CT molecular complexity index is 1600. The number of hydrogen-bond acceptors (Lipinski definition) is 7. The van der Waals surface area contributed by atoms with Crippen molar-refractivity contribution in [2.75, 3.05) is 47.5 Å². The molecule has 0 fully saturated rings. The predicted octanol–water partition coefficient (Wildman–Crippen LogP) is 19.6. The molecule has 2 unspecified atom stereocenters. The van der Waals surface area contributed by atoms with Crippen molar-refractivity contribution in [2.24, 2.45) is 0 Å². The van der Waals surface area contributed by atoms with E-state index < -0.39 is 26.5 Å². The Morgan fingerprint density at radius 2 is 0.750 bits per heavy atom. The summed E-state index contributed by atoms with van der Waals surface area (Å²) in [5.74, 6) is -0.825. The third-order valence-electron chi connectivity index (χ3n) is 13.1. The first-order valence-corrected chi connectivity index (χ1v) is 32.5. The maximum atomic E-state index is 12.8. The van der Waals surface area contributed by atoms with Gasteiger partial charge in [0.25, 0.3) is 0 Å². The average Bonchev–Trinajstić information content (AvgIpc) is 3.38. The number of quaternary nitrogens is 1. The number of esters is 2. The number of rotatable bonds is 56. The third kappa shape index (κ3) is 60.2. The lowest BCUT2D eigenvalue weighted by Gasteiger charge is -2.24. The molecule has 0 heterocycles. The Balaban J connectivity index is 4.16. The molecule has 0 rings (SSSR count). The molecule has 9 nitrogen and oxygen atoms in total. The van der Waals surface area contributed by atoms with E-state index in [1.165, 1.54) is 135 Å². The standard InChI is InChI=1S/C66H116NO8P/c1-6-8-10-12-14-16-18-20-22-24-26-28-30-31-32-33-34-35-37-38-40-42-44-46-48-50-52-54-56-58-65(68)72-62-64(63-74-76(70,71)73-61-60-67(3,4)5)75-66(69)59-57-55-53-51-49-47-45-43-41-39-36-29-27-25-23-21-19-17-15-13-11-9-7-2/h9,11,15,17-18,20-21,23-24,26-27,29,39,41,45,47,64H,6-8,10,12-14,16,19,22,25,28,30-38,40,42-44,46,48-63H2,1-5H3/p+1/b11-9-,17-15-,20-18-,23-21-,26-24-,29-27-,41-39-,47-45-. The minimum absolute atomic E-state index is 0.0222. The van der Waals surface area contributed by atoms with E-state index in [0.29, 0.717) is 17.4 Å². The van der Waals surface area contributed by atoms with Gasteiger partial charge < -0.3 is 18.9 Å². The molecule has 0 aliphatic heterocycles. The first kappa shape index (κ1) is 72.9. The van der Waals surface area contributed by atoms with Crippen LogP contribution < -0.4 is 0 Å². The van der Waals surface area contributed by atoms with Crippen LogP contribution in [0.4, 0.5) is 0 Å². The molecule has 1 N–H and O–H groups in total. The fraction of sp³-hybridized carbons (Fsp3) is 0.727. The Labute approximate surface area is 468 Å². The zero-order chi connectivity index (χ0) is 55.6. The van der Waals surface area contributed by atoms with Gasteiger partial charge in [0, 0.05) is 12.8 Å². The molecule has 438 valence electrons. The molecule has 0 saturated heterocycles. The highest BCUT2D eigenvalue weighted by molar-refractivity contribution is 7.47. The molecule has 0 aromatic heterocycles. The summed E-state index contributed by atoms with van der Waals surface area (Å²) < 4.78 is 34.6.